The van der Waals surface area contributed by atoms with Crippen LogP contribution in [0.25, 0.3) is 5.78 Å². The number of amides is 1. The molecule has 2 N–H and O–H groups in total. The predicted molar refractivity (Wildman–Crippen MR) is 76.9 cm³/mol. The van der Waals surface area contributed by atoms with Gasteiger partial charge >= 0.3 is 0 Å². The van der Waals surface area contributed by atoms with Gasteiger partial charge in [-0.2, -0.15) is 19.6 Å². The normalized spacial score (nSPS) is 10.8. The highest BCUT2D eigenvalue weighted by atomic mass is 35.5. The summed E-state index contributed by atoms with van der Waals surface area (Å²) in [7, 11) is 0. The summed E-state index contributed by atoms with van der Waals surface area (Å²) >= 11 is 6.05. The van der Waals surface area contributed by atoms with Crippen molar-refractivity contribution < 1.29 is 4.79 Å². The van der Waals surface area contributed by atoms with E-state index in [1.807, 2.05) is 13.8 Å². The van der Waals surface area contributed by atoms with E-state index in [0.717, 1.165) is 12.0 Å². The highest BCUT2D eigenvalue weighted by Crippen LogP contribution is 2.21. The van der Waals surface area contributed by atoms with Gasteiger partial charge in [-0.05, 0) is 13.3 Å². The first kappa shape index (κ1) is 14.5. The second kappa shape index (κ2) is 6.51. The zero-order chi connectivity index (χ0) is 14.5. The van der Waals surface area contributed by atoms with Crippen molar-refractivity contribution in [1.29, 1.82) is 0 Å². The first-order valence-electron chi connectivity index (χ1n) is 6.50. The fraction of sp³-hybridized carbons (Fsp3) is 0.500. The lowest BCUT2D eigenvalue weighted by molar-refractivity contribution is -0.120. The predicted octanol–water partition coefficient (Wildman–Crippen LogP) is 1.41. The minimum atomic E-state index is 0.0204. The van der Waals surface area contributed by atoms with E-state index in [0.29, 0.717) is 36.3 Å². The lowest BCUT2D eigenvalue weighted by atomic mass is 10.3. The molecule has 2 heterocycles. The third kappa shape index (κ3) is 3.16. The van der Waals surface area contributed by atoms with Crippen LogP contribution in [0.3, 0.4) is 0 Å². The quantitative estimate of drug-likeness (QED) is 0.788. The van der Waals surface area contributed by atoms with E-state index in [2.05, 4.69) is 25.7 Å². The summed E-state index contributed by atoms with van der Waals surface area (Å²) in [4.78, 5) is 19.7. The SMILES string of the molecule is CCCNC(=O)CCNc1c(C)c(Cl)nc2ncnn12. The van der Waals surface area contributed by atoms with Gasteiger partial charge in [0.2, 0.25) is 5.91 Å². The van der Waals surface area contributed by atoms with Crippen LogP contribution in [0, 0.1) is 6.92 Å². The Labute approximate surface area is 121 Å². The van der Waals surface area contributed by atoms with E-state index in [4.69, 9.17) is 11.6 Å². The molecule has 2 aromatic rings. The number of nitrogens with zero attached hydrogens (tertiary/aromatic N) is 4. The minimum Gasteiger partial charge on any atom is -0.369 e. The molecule has 2 rings (SSSR count). The van der Waals surface area contributed by atoms with Crippen LogP contribution in [0.5, 0.6) is 0 Å². The van der Waals surface area contributed by atoms with Crippen LogP contribution in [0.4, 0.5) is 5.82 Å². The van der Waals surface area contributed by atoms with E-state index < -0.39 is 0 Å². The molecule has 7 nitrogen and oxygen atoms in total. The van der Waals surface area contributed by atoms with Crippen molar-refractivity contribution in [3.05, 3.63) is 17.0 Å². The highest BCUT2D eigenvalue weighted by molar-refractivity contribution is 6.30. The fourth-order valence-corrected chi connectivity index (χ4v) is 1.92. The number of carbonyl (C=O) groups excluding carboxylic acids is 1. The summed E-state index contributed by atoms with van der Waals surface area (Å²) in [5.41, 5.74) is 0.777. The van der Waals surface area contributed by atoms with Crippen molar-refractivity contribution in [3.63, 3.8) is 0 Å². The second-order valence-corrected chi connectivity index (χ2v) is 4.73. The molecule has 0 aliphatic rings. The number of aromatic nitrogens is 4. The van der Waals surface area contributed by atoms with Crippen molar-refractivity contribution >= 4 is 29.1 Å². The third-order valence-corrected chi connectivity index (χ3v) is 3.19. The summed E-state index contributed by atoms with van der Waals surface area (Å²) in [6.45, 7) is 5.05. The molecule has 0 saturated heterocycles. The maximum absolute atomic E-state index is 11.5. The average molecular weight is 297 g/mol. The summed E-state index contributed by atoms with van der Waals surface area (Å²) < 4.78 is 1.57. The second-order valence-electron chi connectivity index (χ2n) is 4.37. The summed E-state index contributed by atoms with van der Waals surface area (Å²) in [6, 6.07) is 0. The molecule has 0 bridgehead atoms. The number of hydrogen-bond acceptors (Lipinski definition) is 5. The van der Waals surface area contributed by atoms with E-state index in [-0.39, 0.29) is 5.91 Å². The topological polar surface area (TPSA) is 84.2 Å². The molecule has 0 aliphatic heterocycles. The summed E-state index contributed by atoms with van der Waals surface area (Å²) in [5.74, 6) is 1.16. The van der Waals surface area contributed by atoms with Gasteiger partial charge in [0.15, 0.2) is 0 Å². The van der Waals surface area contributed by atoms with Crippen LogP contribution in [-0.2, 0) is 4.79 Å². The molecule has 1 amide bonds. The Hall–Kier alpha value is -1.89. The number of fused-ring (bicyclic) bond motifs is 1. The maximum atomic E-state index is 11.5. The van der Waals surface area contributed by atoms with Crippen LogP contribution in [0.1, 0.15) is 25.3 Å². The van der Waals surface area contributed by atoms with Crippen LogP contribution in [0.15, 0.2) is 6.33 Å². The number of nitrogens with one attached hydrogen (secondary N) is 2. The van der Waals surface area contributed by atoms with Gasteiger partial charge in [0, 0.05) is 25.1 Å². The average Bonchev–Trinajstić information content (AvgIpc) is 2.88. The standard InChI is InChI=1S/C12H17ClN6O/c1-3-5-14-9(20)4-6-15-11-8(2)10(13)18-12-16-7-17-19(11)12/h7,15H,3-6H2,1-2H3,(H,14,20). The van der Waals surface area contributed by atoms with Crippen molar-refractivity contribution in [2.75, 3.05) is 18.4 Å². The molecule has 0 fully saturated rings. The highest BCUT2D eigenvalue weighted by Gasteiger charge is 2.12. The van der Waals surface area contributed by atoms with Gasteiger partial charge in [-0.1, -0.05) is 18.5 Å². The first-order valence-corrected chi connectivity index (χ1v) is 6.87. The number of rotatable bonds is 6. The van der Waals surface area contributed by atoms with Crippen LogP contribution in [-0.4, -0.2) is 38.6 Å². The fourth-order valence-electron chi connectivity index (χ4n) is 1.75. The van der Waals surface area contributed by atoms with Gasteiger partial charge in [-0.15, -0.1) is 0 Å². The molecule has 0 aromatic carbocycles. The van der Waals surface area contributed by atoms with Crippen LogP contribution in [0.2, 0.25) is 5.15 Å². The minimum absolute atomic E-state index is 0.0204. The third-order valence-electron chi connectivity index (χ3n) is 2.82. The Balaban J connectivity index is 2.04. The lowest BCUT2D eigenvalue weighted by Crippen LogP contribution is -2.26. The summed E-state index contributed by atoms with van der Waals surface area (Å²) in [5, 5.41) is 10.5. The zero-order valence-corrected chi connectivity index (χ0v) is 12.2. The Morgan fingerprint density at radius 3 is 3.00 bits per heavy atom. The van der Waals surface area contributed by atoms with Crippen molar-refractivity contribution in [2.24, 2.45) is 0 Å². The van der Waals surface area contributed by atoms with Gasteiger partial charge in [0.05, 0.1) is 0 Å². The van der Waals surface area contributed by atoms with Crippen LogP contribution < -0.4 is 10.6 Å². The molecule has 108 valence electrons. The molecule has 2 aromatic heterocycles. The number of anilines is 1. The van der Waals surface area contributed by atoms with E-state index in [9.17, 15) is 4.79 Å². The smallest absolute Gasteiger partial charge is 0.255 e. The number of halogens is 1. The zero-order valence-electron chi connectivity index (χ0n) is 11.5. The van der Waals surface area contributed by atoms with Gasteiger partial charge in [-0.3, -0.25) is 4.79 Å². The number of hydrogen-bond donors (Lipinski definition) is 2. The Morgan fingerprint density at radius 1 is 1.45 bits per heavy atom. The maximum Gasteiger partial charge on any atom is 0.255 e. The van der Waals surface area contributed by atoms with E-state index in [1.54, 1.807) is 4.52 Å². The first-order chi connectivity index (χ1) is 9.63. The Morgan fingerprint density at radius 2 is 2.25 bits per heavy atom. The van der Waals surface area contributed by atoms with Gasteiger partial charge < -0.3 is 10.6 Å². The summed E-state index contributed by atoms with van der Waals surface area (Å²) in [6.07, 6.45) is 2.73. The molecule has 0 unspecified atom stereocenters. The molecule has 8 heteroatoms. The van der Waals surface area contributed by atoms with E-state index in [1.165, 1.54) is 6.33 Å². The monoisotopic (exact) mass is 296 g/mol. The van der Waals surface area contributed by atoms with E-state index >= 15 is 0 Å². The number of carbonyl (C=O) groups is 1. The van der Waals surface area contributed by atoms with Gasteiger partial charge in [0.1, 0.15) is 17.3 Å². The Kier molecular flexibility index (Phi) is 4.73. The molecule has 20 heavy (non-hydrogen) atoms. The molecule has 0 aliphatic carbocycles. The molecule has 0 spiro atoms. The van der Waals surface area contributed by atoms with Crippen molar-refractivity contribution in [3.8, 4) is 0 Å². The van der Waals surface area contributed by atoms with Crippen molar-refractivity contribution in [2.45, 2.75) is 26.7 Å². The molecular weight excluding hydrogens is 280 g/mol. The van der Waals surface area contributed by atoms with Crippen LogP contribution >= 0.6 is 11.6 Å². The molecule has 0 radical (unpaired) electrons. The molecule has 0 saturated carbocycles. The van der Waals surface area contributed by atoms with Gasteiger partial charge in [0.25, 0.3) is 5.78 Å². The van der Waals surface area contributed by atoms with Gasteiger partial charge in [-0.25, -0.2) is 0 Å². The lowest BCUT2D eigenvalue weighted by Gasteiger charge is -2.11. The van der Waals surface area contributed by atoms with Crippen molar-refractivity contribution in [1.82, 2.24) is 24.9 Å². The Bertz CT molecular complexity index is 611. The molecular formula is C12H17ClN6O. The largest absolute Gasteiger partial charge is 0.369 e. The molecule has 0 atom stereocenters.